The van der Waals surface area contributed by atoms with Crippen molar-refractivity contribution in [1.82, 2.24) is 29.1 Å². The molecule has 0 unspecified atom stereocenters. The average Bonchev–Trinajstić information content (AvgIpc) is 3.26. The molecule has 10 nitrogen and oxygen atoms in total. The van der Waals surface area contributed by atoms with Crippen molar-refractivity contribution in [2.45, 2.75) is 13.0 Å². The van der Waals surface area contributed by atoms with Gasteiger partial charge < -0.3 is 14.0 Å². The molecule has 0 saturated carbocycles. The van der Waals surface area contributed by atoms with Crippen molar-refractivity contribution < 1.29 is 9.47 Å². The monoisotopic (exact) mass is 442 g/mol. The molecule has 0 bridgehead atoms. The number of hydrogen-bond acceptors (Lipinski definition) is 7. The molecule has 4 aromatic heterocycles. The van der Waals surface area contributed by atoms with Crippen LogP contribution in [0.4, 0.5) is 0 Å². The summed E-state index contributed by atoms with van der Waals surface area (Å²) in [5.41, 5.74) is 1.40. The summed E-state index contributed by atoms with van der Waals surface area (Å²) >= 11 is 0. The number of hydrogen-bond donors (Lipinski definition) is 0. The predicted molar refractivity (Wildman–Crippen MR) is 120 cm³/mol. The molecule has 0 saturated heterocycles. The third-order valence-corrected chi connectivity index (χ3v) is 5.62. The fourth-order valence-electron chi connectivity index (χ4n) is 3.97. The van der Waals surface area contributed by atoms with Gasteiger partial charge in [0.1, 0.15) is 12.7 Å². The van der Waals surface area contributed by atoms with Crippen LogP contribution >= 0.6 is 0 Å². The first-order valence-corrected chi connectivity index (χ1v) is 10.5. The molecule has 1 aromatic carbocycles. The standard InChI is InChI=1S/C23H18N6O4/c30-22-16-11-17-19(5-7-29(23(17)31)28-13-24-25-14-28)26-18(16)4-6-27(22)12-15-2-3-20-21(10-15)33-9-1-8-32-20/h2-7,10-11,13-14H,1,8-9,12H2. The first-order valence-electron chi connectivity index (χ1n) is 10.5. The summed E-state index contributed by atoms with van der Waals surface area (Å²) in [5.74, 6) is 1.39. The van der Waals surface area contributed by atoms with Gasteiger partial charge in [-0.05, 0) is 35.9 Å². The third-order valence-electron chi connectivity index (χ3n) is 5.62. The molecule has 0 spiro atoms. The van der Waals surface area contributed by atoms with Gasteiger partial charge in [-0.25, -0.2) is 14.3 Å². The summed E-state index contributed by atoms with van der Waals surface area (Å²) in [6.07, 6.45) is 6.98. The molecule has 1 aliphatic heterocycles. The van der Waals surface area contributed by atoms with Gasteiger partial charge in [0.2, 0.25) is 0 Å². The van der Waals surface area contributed by atoms with E-state index in [1.165, 1.54) is 22.0 Å². The average molecular weight is 442 g/mol. The van der Waals surface area contributed by atoms with Crippen LogP contribution in [0.25, 0.3) is 21.8 Å². The van der Waals surface area contributed by atoms with E-state index >= 15 is 0 Å². The van der Waals surface area contributed by atoms with Gasteiger partial charge in [-0.3, -0.25) is 9.59 Å². The van der Waals surface area contributed by atoms with Gasteiger partial charge in [0.15, 0.2) is 11.5 Å². The Labute approximate surface area is 186 Å². The minimum Gasteiger partial charge on any atom is -0.490 e. The molecule has 5 aromatic rings. The van der Waals surface area contributed by atoms with Gasteiger partial charge in [-0.2, -0.15) is 0 Å². The van der Waals surface area contributed by atoms with E-state index in [4.69, 9.17) is 9.47 Å². The number of nitrogens with zero attached hydrogens (tertiary/aromatic N) is 6. The zero-order chi connectivity index (χ0) is 22.4. The topological polar surface area (TPSA) is 106 Å². The Balaban J connectivity index is 1.44. The second kappa shape index (κ2) is 7.59. The van der Waals surface area contributed by atoms with Gasteiger partial charge in [0, 0.05) is 18.8 Å². The van der Waals surface area contributed by atoms with E-state index in [2.05, 4.69) is 15.2 Å². The number of pyridine rings is 3. The predicted octanol–water partition coefficient (Wildman–Crippen LogP) is 1.82. The molecular formula is C23H18N6O4. The molecule has 164 valence electrons. The van der Waals surface area contributed by atoms with Crippen LogP contribution in [-0.2, 0) is 6.54 Å². The maximum Gasteiger partial charge on any atom is 0.279 e. The Bertz CT molecular complexity index is 1620. The third kappa shape index (κ3) is 3.32. The Morgan fingerprint density at radius 3 is 2.36 bits per heavy atom. The number of benzene rings is 1. The molecule has 0 aliphatic carbocycles. The Hall–Kier alpha value is -4.47. The summed E-state index contributed by atoms with van der Waals surface area (Å²) in [7, 11) is 0. The van der Waals surface area contributed by atoms with Crippen LogP contribution in [0.15, 0.2) is 71.0 Å². The van der Waals surface area contributed by atoms with Crippen molar-refractivity contribution in [3.63, 3.8) is 0 Å². The molecule has 1 aliphatic rings. The van der Waals surface area contributed by atoms with Gasteiger partial charge in [0.05, 0.1) is 41.6 Å². The minimum atomic E-state index is -0.320. The van der Waals surface area contributed by atoms with Gasteiger partial charge in [0.25, 0.3) is 11.1 Å². The highest BCUT2D eigenvalue weighted by molar-refractivity contribution is 5.91. The fraction of sp³-hybridized carbons (Fsp3) is 0.174. The van der Waals surface area contributed by atoms with Crippen molar-refractivity contribution in [2.24, 2.45) is 0 Å². The maximum atomic E-state index is 13.3. The lowest BCUT2D eigenvalue weighted by Gasteiger charge is -2.12. The fourth-order valence-corrected chi connectivity index (χ4v) is 3.97. The van der Waals surface area contributed by atoms with Crippen molar-refractivity contribution in [3.8, 4) is 11.5 Å². The lowest BCUT2D eigenvalue weighted by atomic mass is 10.1. The minimum absolute atomic E-state index is 0.229. The van der Waals surface area contributed by atoms with Crippen LogP contribution in [0, 0.1) is 0 Å². The Morgan fingerprint density at radius 1 is 0.818 bits per heavy atom. The van der Waals surface area contributed by atoms with Gasteiger partial charge in [-0.1, -0.05) is 6.07 Å². The molecule has 0 radical (unpaired) electrons. The highest BCUT2D eigenvalue weighted by atomic mass is 16.5. The highest BCUT2D eigenvalue weighted by Crippen LogP contribution is 2.30. The highest BCUT2D eigenvalue weighted by Gasteiger charge is 2.13. The molecule has 0 atom stereocenters. The van der Waals surface area contributed by atoms with Gasteiger partial charge in [-0.15, -0.1) is 10.2 Å². The van der Waals surface area contributed by atoms with E-state index in [-0.39, 0.29) is 11.1 Å². The summed E-state index contributed by atoms with van der Waals surface area (Å²) < 4.78 is 15.8. The molecule has 0 amide bonds. The van der Waals surface area contributed by atoms with E-state index in [0.717, 1.165) is 12.0 Å². The number of rotatable bonds is 3. The number of fused-ring (bicyclic) bond motifs is 3. The zero-order valence-corrected chi connectivity index (χ0v) is 17.4. The van der Waals surface area contributed by atoms with Crippen molar-refractivity contribution in [3.05, 3.63) is 87.7 Å². The second-order valence-corrected chi connectivity index (χ2v) is 7.74. The lowest BCUT2D eigenvalue weighted by molar-refractivity contribution is 0.297. The van der Waals surface area contributed by atoms with E-state index in [9.17, 15) is 9.59 Å². The van der Waals surface area contributed by atoms with Crippen molar-refractivity contribution >= 4 is 21.8 Å². The van der Waals surface area contributed by atoms with Crippen molar-refractivity contribution in [1.29, 1.82) is 0 Å². The quantitative estimate of drug-likeness (QED) is 0.393. The number of aromatic nitrogens is 6. The van der Waals surface area contributed by atoms with Crippen LogP contribution in [0.3, 0.4) is 0 Å². The number of ether oxygens (including phenoxy) is 2. The summed E-state index contributed by atoms with van der Waals surface area (Å²) in [5, 5.41) is 8.18. The molecule has 6 rings (SSSR count). The first kappa shape index (κ1) is 19.2. The van der Waals surface area contributed by atoms with E-state index < -0.39 is 0 Å². The summed E-state index contributed by atoms with van der Waals surface area (Å²) in [6.45, 7) is 1.57. The van der Waals surface area contributed by atoms with E-state index in [0.29, 0.717) is 53.1 Å². The molecule has 5 heterocycles. The molecular weight excluding hydrogens is 424 g/mol. The second-order valence-electron chi connectivity index (χ2n) is 7.74. The van der Waals surface area contributed by atoms with Crippen molar-refractivity contribution in [2.75, 3.05) is 13.2 Å². The maximum absolute atomic E-state index is 13.3. The van der Waals surface area contributed by atoms with Crippen LogP contribution in [0.1, 0.15) is 12.0 Å². The molecule has 33 heavy (non-hydrogen) atoms. The SMILES string of the molecule is O=c1c2cc3c(=O)n(-n4cnnc4)ccc3nc2ccn1Cc1ccc2c(c1)OCCCO2. The summed E-state index contributed by atoms with van der Waals surface area (Å²) in [4.78, 5) is 30.8. The van der Waals surface area contributed by atoms with Crippen LogP contribution in [0.2, 0.25) is 0 Å². The zero-order valence-electron chi connectivity index (χ0n) is 17.4. The Kier molecular flexibility index (Phi) is 4.42. The van der Waals surface area contributed by atoms with Gasteiger partial charge >= 0.3 is 0 Å². The van der Waals surface area contributed by atoms with E-state index in [1.807, 2.05) is 18.2 Å². The Morgan fingerprint density at radius 2 is 1.55 bits per heavy atom. The summed E-state index contributed by atoms with van der Waals surface area (Å²) in [6, 6.07) is 10.8. The normalized spacial score (nSPS) is 13.3. The largest absolute Gasteiger partial charge is 0.490 e. The van der Waals surface area contributed by atoms with E-state index in [1.54, 1.807) is 35.2 Å². The molecule has 0 fully saturated rings. The molecule has 0 N–H and O–H groups in total. The lowest BCUT2D eigenvalue weighted by Crippen LogP contribution is -2.25. The van der Waals surface area contributed by atoms with Crippen LogP contribution in [0.5, 0.6) is 11.5 Å². The first-order chi connectivity index (χ1) is 16.2. The molecule has 10 heteroatoms. The van der Waals surface area contributed by atoms with Crippen LogP contribution < -0.4 is 20.6 Å². The smallest absolute Gasteiger partial charge is 0.279 e. The van der Waals surface area contributed by atoms with Crippen LogP contribution in [-0.4, -0.2) is 42.3 Å².